The molecule has 16 heavy (non-hydrogen) atoms. The van der Waals surface area contributed by atoms with Gasteiger partial charge in [-0.2, -0.15) is 0 Å². The van der Waals surface area contributed by atoms with Gasteiger partial charge in [-0.25, -0.2) is 0 Å². The van der Waals surface area contributed by atoms with Crippen LogP contribution in [0.1, 0.15) is 5.56 Å². The van der Waals surface area contributed by atoms with E-state index in [0.29, 0.717) is 5.69 Å². The van der Waals surface area contributed by atoms with Crippen molar-refractivity contribution in [3.05, 3.63) is 45.0 Å². The molecule has 0 spiro atoms. The van der Waals surface area contributed by atoms with E-state index in [1.807, 2.05) is 12.1 Å². The Morgan fingerprint density at radius 2 is 1.75 bits per heavy atom. The molecular formula is C12H10Br2N2. The van der Waals surface area contributed by atoms with Gasteiger partial charge in [0, 0.05) is 11.8 Å². The summed E-state index contributed by atoms with van der Waals surface area (Å²) in [5.74, 6) is 0. The normalized spacial score (nSPS) is 10.4. The minimum absolute atomic E-state index is 0.672. The predicted molar refractivity (Wildman–Crippen MR) is 74.2 cm³/mol. The summed E-state index contributed by atoms with van der Waals surface area (Å²) in [6.07, 6.45) is 1.72. The van der Waals surface area contributed by atoms with Crippen molar-refractivity contribution < 1.29 is 0 Å². The molecule has 0 aliphatic rings. The lowest BCUT2D eigenvalue weighted by Gasteiger charge is -2.08. The number of hydrogen-bond acceptors (Lipinski definition) is 2. The molecule has 82 valence electrons. The summed E-state index contributed by atoms with van der Waals surface area (Å²) in [7, 11) is 0. The third-order valence-electron chi connectivity index (χ3n) is 2.33. The van der Waals surface area contributed by atoms with Crippen LogP contribution >= 0.6 is 31.9 Å². The summed E-state index contributed by atoms with van der Waals surface area (Å²) < 4.78 is 1.63. The summed E-state index contributed by atoms with van der Waals surface area (Å²) in [6.45, 7) is 2.06. The molecule has 0 unspecified atom stereocenters. The van der Waals surface area contributed by atoms with E-state index in [0.717, 1.165) is 20.2 Å². The van der Waals surface area contributed by atoms with Crippen molar-refractivity contribution >= 4 is 37.5 Å². The van der Waals surface area contributed by atoms with E-state index in [4.69, 9.17) is 5.73 Å². The molecule has 0 radical (unpaired) electrons. The minimum Gasteiger partial charge on any atom is -0.397 e. The fourth-order valence-corrected chi connectivity index (χ4v) is 2.50. The summed E-state index contributed by atoms with van der Waals surface area (Å²) in [4.78, 5) is 4.36. The molecule has 0 saturated heterocycles. The highest BCUT2D eigenvalue weighted by atomic mass is 79.9. The standard InChI is InChI=1S/C12H10Br2N2/c1-7-2-4-8(5-3-7)12-10(14)11(15)9(13)6-16-12/h2-6H,1H3,(H2,15,16). The first-order chi connectivity index (χ1) is 7.59. The average molecular weight is 342 g/mol. The van der Waals surface area contributed by atoms with Gasteiger partial charge in [0.15, 0.2) is 0 Å². The summed E-state index contributed by atoms with van der Waals surface area (Å²) in [6, 6.07) is 8.19. The molecule has 1 heterocycles. The molecule has 0 atom stereocenters. The van der Waals surface area contributed by atoms with Crippen molar-refractivity contribution in [3.63, 3.8) is 0 Å². The molecule has 0 saturated carbocycles. The fraction of sp³-hybridized carbons (Fsp3) is 0.0833. The second-order valence-electron chi connectivity index (χ2n) is 3.55. The average Bonchev–Trinajstić information content (AvgIpc) is 2.28. The van der Waals surface area contributed by atoms with Crippen LogP contribution < -0.4 is 5.73 Å². The molecule has 0 fully saturated rings. The molecule has 4 heteroatoms. The lowest BCUT2D eigenvalue weighted by Crippen LogP contribution is -1.94. The van der Waals surface area contributed by atoms with Crippen LogP contribution in [0.4, 0.5) is 5.69 Å². The van der Waals surface area contributed by atoms with Gasteiger partial charge in [0.2, 0.25) is 0 Å². The van der Waals surface area contributed by atoms with Crippen LogP contribution in [-0.2, 0) is 0 Å². The Bertz CT molecular complexity index is 521. The van der Waals surface area contributed by atoms with E-state index >= 15 is 0 Å². The van der Waals surface area contributed by atoms with E-state index in [9.17, 15) is 0 Å². The van der Waals surface area contributed by atoms with Gasteiger partial charge in [0.1, 0.15) is 0 Å². The quantitative estimate of drug-likeness (QED) is 0.845. The van der Waals surface area contributed by atoms with Crippen LogP contribution in [0.25, 0.3) is 11.3 Å². The number of halogens is 2. The third-order valence-corrected chi connectivity index (χ3v) is 3.77. The number of hydrogen-bond donors (Lipinski definition) is 1. The van der Waals surface area contributed by atoms with Gasteiger partial charge in [0.25, 0.3) is 0 Å². The van der Waals surface area contributed by atoms with Crippen molar-refractivity contribution in [2.75, 3.05) is 5.73 Å². The Hall–Kier alpha value is -0.870. The fourth-order valence-electron chi connectivity index (χ4n) is 1.39. The van der Waals surface area contributed by atoms with Crippen molar-refractivity contribution in [1.29, 1.82) is 0 Å². The van der Waals surface area contributed by atoms with Crippen molar-refractivity contribution in [1.82, 2.24) is 4.98 Å². The SMILES string of the molecule is Cc1ccc(-c2ncc(Br)c(N)c2Br)cc1. The molecule has 2 aromatic rings. The summed E-state index contributed by atoms with van der Waals surface area (Å²) in [5, 5.41) is 0. The van der Waals surface area contributed by atoms with Crippen LogP contribution in [0.3, 0.4) is 0 Å². The minimum atomic E-state index is 0.672. The van der Waals surface area contributed by atoms with Crippen LogP contribution in [0, 0.1) is 6.92 Å². The van der Waals surface area contributed by atoms with Crippen LogP contribution in [0.5, 0.6) is 0 Å². The third kappa shape index (κ3) is 2.13. The second-order valence-corrected chi connectivity index (χ2v) is 5.20. The lowest BCUT2D eigenvalue weighted by molar-refractivity contribution is 1.29. The van der Waals surface area contributed by atoms with Gasteiger partial charge in [0.05, 0.1) is 20.3 Å². The van der Waals surface area contributed by atoms with E-state index in [1.54, 1.807) is 6.20 Å². The van der Waals surface area contributed by atoms with Gasteiger partial charge in [-0.1, -0.05) is 29.8 Å². The number of nitrogens with two attached hydrogens (primary N) is 1. The largest absolute Gasteiger partial charge is 0.397 e. The smallest absolute Gasteiger partial charge is 0.0865 e. The van der Waals surface area contributed by atoms with E-state index in [2.05, 4.69) is 55.9 Å². The zero-order valence-electron chi connectivity index (χ0n) is 8.67. The molecule has 2 rings (SSSR count). The van der Waals surface area contributed by atoms with Crippen LogP contribution in [0.15, 0.2) is 39.4 Å². The van der Waals surface area contributed by atoms with E-state index in [1.165, 1.54) is 5.56 Å². The van der Waals surface area contributed by atoms with Gasteiger partial charge in [-0.3, -0.25) is 4.98 Å². The van der Waals surface area contributed by atoms with Crippen LogP contribution in [0.2, 0.25) is 0 Å². The number of nitrogens with zero attached hydrogens (tertiary/aromatic N) is 1. The first-order valence-corrected chi connectivity index (χ1v) is 6.34. The molecule has 0 aliphatic carbocycles. The molecule has 1 aromatic carbocycles. The molecule has 0 aliphatic heterocycles. The predicted octanol–water partition coefficient (Wildman–Crippen LogP) is 4.16. The molecule has 0 bridgehead atoms. The van der Waals surface area contributed by atoms with E-state index in [-0.39, 0.29) is 0 Å². The zero-order chi connectivity index (χ0) is 11.7. The lowest BCUT2D eigenvalue weighted by atomic mass is 10.1. The number of aromatic nitrogens is 1. The Morgan fingerprint density at radius 1 is 1.12 bits per heavy atom. The Morgan fingerprint density at radius 3 is 2.38 bits per heavy atom. The van der Waals surface area contributed by atoms with Crippen LogP contribution in [-0.4, -0.2) is 4.98 Å². The molecule has 1 aromatic heterocycles. The van der Waals surface area contributed by atoms with E-state index < -0.39 is 0 Å². The number of rotatable bonds is 1. The number of nitrogen functional groups attached to an aromatic ring is 1. The zero-order valence-corrected chi connectivity index (χ0v) is 11.8. The van der Waals surface area contributed by atoms with Gasteiger partial charge >= 0.3 is 0 Å². The number of aryl methyl sites for hydroxylation is 1. The topological polar surface area (TPSA) is 38.9 Å². The monoisotopic (exact) mass is 340 g/mol. The number of pyridine rings is 1. The maximum absolute atomic E-state index is 5.92. The summed E-state index contributed by atoms with van der Waals surface area (Å²) in [5.41, 5.74) is 9.73. The summed E-state index contributed by atoms with van der Waals surface area (Å²) >= 11 is 6.82. The Labute approximate surface area is 111 Å². The molecule has 2 nitrogen and oxygen atoms in total. The van der Waals surface area contributed by atoms with Gasteiger partial charge in [-0.05, 0) is 38.8 Å². The first kappa shape index (κ1) is 11.6. The highest BCUT2D eigenvalue weighted by molar-refractivity contribution is 9.11. The highest BCUT2D eigenvalue weighted by Gasteiger charge is 2.10. The molecule has 2 N–H and O–H groups in total. The van der Waals surface area contributed by atoms with Gasteiger partial charge in [-0.15, -0.1) is 0 Å². The number of anilines is 1. The van der Waals surface area contributed by atoms with Crippen molar-refractivity contribution in [3.8, 4) is 11.3 Å². The Balaban J connectivity index is 2.57. The van der Waals surface area contributed by atoms with Crippen molar-refractivity contribution in [2.45, 2.75) is 6.92 Å². The maximum atomic E-state index is 5.92. The van der Waals surface area contributed by atoms with Gasteiger partial charge < -0.3 is 5.73 Å². The number of benzene rings is 1. The Kier molecular flexibility index (Phi) is 3.30. The first-order valence-electron chi connectivity index (χ1n) is 4.76. The highest BCUT2D eigenvalue weighted by Crippen LogP contribution is 2.34. The molecule has 0 amide bonds. The van der Waals surface area contributed by atoms with Crippen molar-refractivity contribution in [2.24, 2.45) is 0 Å². The second kappa shape index (κ2) is 4.55. The molecular weight excluding hydrogens is 332 g/mol. The maximum Gasteiger partial charge on any atom is 0.0865 e.